The van der Waals surface area contributed by atoms with Gasteiger partial charge < -0.3 is 47.7 Å². The van der Waals surface area contributed by atoms with Gasteiger partial charge in [-0.2, -0.15) is 0 Å². The second-order valence-electron chi connectivity index (χ2n) is 16.4. The Balaban J connectivity index is 1.14. The average Bonchev–Trinajstić information content (AvgIpc) is 3.38. The molecule has 66 heavy (non-hydrogen) atoms. The molecular weight excluding hydrogens is 853 g/mol. The number of aliphatic hydroxyl groups excluding tert-OH is 1. The maximum absolute atomic E-state index is 11.1. The van der Waals surface area contributed by atoms with Crippen LogP contribution in [-0.2, 0) is 82.3 Å². The summed E-state index contributed by atoms with van der Waals surface area (Å²) in [5.41, 5.74) is 5.40. The van der Waals surface area contributed by atoms with E-state index in [1.807, 2.05) is 188 Å². The molecule has 0 saturated carbocycles. The van der Waals surface area contributed by atoms with E-state index in [4.69, 9.17) is 42.6 Å². The summed E-state index contributed by atoms with van der Waals surface area (Å²) in [4.78, 5) is 0. The summed E-state index contributed by atoms with van der Waals surface area (Å²) in [6, 6.07) is 60.0. The van der Waals surface area contributed by atoms with Crippen molar-refractivity contribution in [2.75, 3.05) is 19.5 Å². The second-order valence-corrected chi connectivity index (χ2v) is 17.3. The molecule has 2 aliphatic rings. The van der Waals surface area contributed by atoms with E-state index < -0.39 is 60.6 Å². The summed E-state index contributed by atoms with van der Waals surface area (Å²) in [7, 11) is 0. The van der Waals surface area contributed by atoms with Crippen molar-refractivity contribution in [3.8, 4) is 0 Å². The smallest absolute Gasteiger partial charge is 0.187 e. The Hall–Kier alpha value is -4.73. The first-order chi connectivity index (χ1) is 32.6. The number of ether oxygens (including phenoxy) is 9. The molecule has 6 aromatic rings. The topological polar surface area (TPSA) is 103 Å². The van der Waals surface area contributed by atoms with Crippen molar-refractivity contribution in [1.82, 2.24) is 0 Å². The van der Waals surface area contributed by atoms with Gasteiger partial charge in [0.05, 0.1) is 52.9 Å². The Morgan fingerprint density at radius 3 is 1.11 bits per heavy atom. The zero-order valence-electron chi connectivity index (χ0n) is 37.3. The first kappa shape index (κ1) is 47.8. The highest BCUT2D eigenvalue weighted by atomic mass is 32.2. The van der Waals surface area contributed by atoms with E-state index in [0.29, 0.717) is 13.2 Å². The van der Waals surface area contributed by atoms with Crippen molar-refractivity contribution < 1.29 is 47.7 Å². The largest absolute Gasteiger partial charge is 0.394 e. The number of aliphatic hydroxyl groups is 1. The average molecular weight is 913 g/mol. The van der Waals surface area contributed by atoms with Crippen LogP contribution < -0.4 is 0 Å². The van der Waals surface area contributed by atoms with Gasteiger partial charge in [0.2, 0.25) is 0 Å². The molecule has 6 aromatic carbocycles. The van der Waals surface area contributed by atoms with E-state index in [1.165, 1.54) is 11.8 Å². The lowest BCUT2D eigenvalue weighted by molar-refractivity contribution is -0.356. The Morgan fingerprint density at radius 1 is 0.394 bits per heavy atom. The van der Waals surface area contributed by atoms with Gasteiger partial charge in [-0.3, -0.25) is 0 Å². The number of benzene rings is 6. The summed E-state index contributed by atoms with van der Waals surface area (Å²) in [5, 5.41) is 11.1. The summed E-state index contributed by atoms with van der Waals surface area (Å²) < 4.78 is 61.9. The molecule has 2 heterocycles. The lowest BCUT2D eigenvalue weighted by Crippen LogP contribution is -2.65. The molecule has 0 amide bonds. The quantitative estimate of drug-likeness (QED) is 0.0666. The zero-order valence-corrected chi connectivity index (χ0v) is 38.1. The molecule has 11 heteroatoms. The van der Waals surface area contributed by atoms with Crippen LogP contribution in [0.3, 0.4) is 0 Å². The Bertz CT molecular complexity index is 2230. The normalized spacial score (nSPS) is 25.4. The molecule has 0 aromatic heterocycles. The number of hydrogen-bond donors (Lipinski definition) is 1. The van der Waals surface area contributed by atoms with Gasteiger partial charge in [0.25, 0.3) is 0 Å². The molecule has 2 saturated heterocycles. The third kappa shape index (κ3) is 13.5. The lowest BCUT2D eigenvalue weighted by atomic mass is 9.96. The van der Waals surface area contributed by atoms with Crippen LogP contribution >= 0.6 is 11.8 Å². The van der Waals surface area contributed by atoms with Crippen molar-refractivity contribution in [2.24, 2.45) is 0 Å². The molecular formula is C55H60O10S. The van der Waals surface area contributed by atoms with Gasteiger partial charge in [-0.15, -0.1) is 11.8 Å². The van der Waals surface area contributed by atoms with Gasteiger partial charge in [0, 0.05) is 0 Å². The minimum Gasteiger partial charge on any atom is -0.394 e. The van der Waals surface area contributed by atoms with E-state index in [0.717, 1.165) is 33.4 Å². The van der Waals surface area contributed by atoms with Crippen LogP contribution in [0.1, 0.15) is 33.4 Å². The highest BCUT2D eigenvalue weighted by Gasteiger charge is 2.54. The minimum absolute atomic E-state index is 0.236. The Labute approximate surface area is 393 Å². The predicted molar refractivity (Wildman–Crippen MR) is 254 cm³/mol. The highest BCUT2D eigenvalue weighted by Crippen LogP contribution is 2.38. The van der Waals surface area contributed by atoms with E-state index in [1.54, 1.807) is 0 Å². The monoisotopic (exact) mass is 912 g/mol. The fraction of sp³-hybridized carbons (Fsp3) is 0.345. The van der Waals surface area contributed by atoms with Crippen molar-refractivity contribution in [3.63, 3.8) is 0 Å². The fourth-order valence-corrected chi connectivity index (χ4v) is 9.04. The van der Waals surface area contributed by atoms with Crippen LogP contribution in [0.25, 0.3) is 0 Å². The van der Waals surface area contributed by atoms with Crippen molar-refractivity contribution in [1.29, 1.82) is 0 Å². The first-order valence-corrected chi connectivity index (χ1v) is 23.9. The molecule has 346 valence electrons. The van der Waals surface area contributed by atoms with Crippen molar-refractivity contribution in [2.45, 2.75) is 100 Å². The van der Waals surface area contributed by atoms with Crippen molar-refractivity contribution in [3.05, 3.63) is 215 Å². The number of rotatable bonds is 23. The van der Waals surface area contributed by atoms with Crippen LogP contribution in [0.15, 0.2) is 182 Å². The van der Waals surface area contributed by atoms with Gasteiger partial charge in [0.1, 0.15) is 54.3 Å². The zero-order chi connectivity index (χ0) is 45.2. The van der Waals surface area contributed by atoms with Crippen LogP contribution in [0, 0.1) is 0 Å². The molecule has 4 unspecified atom stereocenters. The van der Waals surface area contributed by atoms with Gasteiger partial charge >= 0.3 is 0 Å². The van der Waals surface area contributed by atoms with E-state index in [9.17, 15) is 5.11 Å². The maximum Gasteiger partial charge on any atom is 0.187 e. The molecule has 10 nitrogen and oxygen atoms in total. The first-order valence-electron chi connectivity index (χ1n) is 22.6. The van der Waals surface area contributed by atoms with Gasteiger partial charge in [-0.25, -0.2) is 0 Å². The molecule has 0 bridgehead atoms. The van der Waals surface area contributed by atoms with Crippen LogP contribution in [0.2, 0.25) is 0 Å². The molecule has 0 aliphatic carbocycles. The molecule has 2 aliphatic heterocycles. The second kappa shape index (κ2) is 25.4. The number of thioether (sulfide) groups is 1. The van der Waals surface area contributed by atoms with Crippen molar-refractivity contribution >= 4 is 11.8 Å². The van der Waals surface area contributed by atoms with E-state index >= 15 is 0 Å². The fourth-order valence-electron chi connectivity index (χ4n) is 8.30. The van der Waals surface area contributed by atoms with Crippen LogP contribution in [0.5, 0.6) is 0 Å². The Kier molecular flexibility index (Phi) is 18.4. The molecule has 8 rings (SSSR count). The standard InChI is InChI=1S/C55H60O10S/c1-66-55-53(51(61-37-44-28-16-6-17-29-44)49(59-35-42-24-12-4-13-25-42)47(64-55)39-57-33-40-20-8-2-9-21-40)65-54-52(62-38-45-30-18-7-19-31-45)50(60-36-43-26-14-5-15-27-43)48(46(32-56)63-54)58-34-41-22-10-3-11-23-41/h2-31,46-56H,32-39H2,1H3/t46?,47?,48-,49-,50-,51-,52?,53?,54-,55-/m0/s1. The summed E-state index contributed by atoms with van der Waals surface area (Å²) >= 11 is 1.51. The van der Waals surface area contributed by atoms with Gasteiger partial charge in [-0.05, 0) is 39.6 Å². The third-order valence-electron chi connectivity index (χ3n) is 11.7. The summed E-state index contributed by atoms with van der Waals surface area (Å²) in [5.74, 6) is 0. The van der Waals surface area contributed by atoms with Gasteiger partial charge in [-0.1, -0.05) is 182 Å². The summed E-state index contributed by atoms with van der Waals surface area (Å²) in [6.07, 6.45) is -4.90. The molecule has 0 spiro atoms. The third-order valence-corrected chi connectivity index (χ3v) is 12.5. The summed E-state index contributed by atoms with van der Waals surface area (Å²) in [6.45, 7) is 1.64. The van der Waals surface area contributed by atoms with E-state index in [2.05, 4.69) is 0 Å². The highest BCUT2D eigenvalue weighted by molar-refractivity contribution is 7.99. The Morgan fingerprint density at radius 2 is 0.727 bits per heavy atom. The van der Waals surface area contributed by atoms with Gasteiger partial charge in [0.15, 0.2) is 6.29 Å². The molecule has 10 atom stereocenters. The van der Waals surface area contributed by atoms with Crippen LogP contribution in [0.4, 0.5) is 0 Å². The van der Waals surface area contributed by atoms with Crippen LogP contribution in [-0.4, -0.2) is 85.1 Å². The lowest BCUT2D eigenvalue weighted by Gasteiger charge is -2.50. The molecule has 2 fully saturated rings. The van der Waals surface area contributed by atoms with E-state index in [-0.39, 0.29) is 39.6 Å². The SMILES string of the molecule is CS[C@@H]1OC(COCc2ccccc2)[C@H](OCc2ccccc2)[C@H](OCc2ccccc2)C1O[C@@H]1OC(CO)[C@H](OCc2ccccc2)[C@H](OCc2ccccc2)C1OCc1ccccc1. The maximum atomic E-state index is 11.1. The number of hydrogen-bond acceptors (Lipinski definition) is 11. The predicted octanol–water partition coefficient (Wildman–Crippen LogP) is 9.32. The minimum atomic E-state index is -1.07. The molecule has 0 radical (unpaired) electrons. The molecule has 1 N–H and O–H groups in total.